The van der Waals surface area contributed by atoms with Gasteiger partial charge < -0.3 is 4.90 Å². The summed E-state index contributed by atoms with van der Waals surface area (Å²) in [6.07, 6.45) is 3.77. The third-order valence-electron chi connectivity index (χ3n) is 2.79. The second-order valence-electron chi connectivity index (χ2n) is 4.15. The fourth-order valence-electron chi connectivity index (χ4n) is 1.80. The molecule has 0 bridgehead atoms. The van der Waals surface area contributed by atoms with Crippen LogP contribution in [0.2, 0.25) is 0 Å². The summed E-state index contributed by atoms with van der Waals surface area (Å²) >= 11 is 3.42. The summed E-state index contributed by atoms with van der Waals surface area (Å²) in [6, 6.07) is 4.70. The lowest BCUT2D eigenvalue weighted by Crippen LogP contribution is -2.28. The SMILES string of the molecule is CCc1nc(Br)cc(N(CCC#N)C2CC2)n1. The van der Waals surface area contributed by atoms with E-state index < -0.39 is 0 Å². The zero-order valence-electron chi connectivity index (χ0n) is 9.86. The molecule has 1 aliphatic rings. The number of nitriles is 1. The van der Waals surface area contributed by atoms with Crippen LogP contribution in [-0.4, -0.2) is 22.6 Å². The van der Waals surface area contributed by atoms with Gasteiger partial charge in [0.2, 0.25) is 0 Å². The molecule has 0 N–H and O–H groups in total. The molecule has 5 heteroatoms. The topological polar surface area (TPSA) is 52.8 Å². The number of hydrogen-bond acceptors (Lipinski definition) is 4. The van der Waals surface area contributed by atoms with Crippen molar-refractivity contribution in [2.24, 2.45) is 0 Å². The fourth-order valence-corrected chi connectivity index (χ4v) is 2.21. The Kier molecular flexibility index (Phi) is 3.95. The van der Waals surface area contributed by atoms with Gasteiger partial charge in [0, 0.05) is 25.1 Å². The summed E-state index contributed by atoms with van der Waals surface area (Å²) in [6.45, 7) is 2.80. The molecule has 1 aromatic rings. The molecule has 0 saturated heterocycles. The van der Waals surface area contributed by atoms with Crippen LogP contribution in [0.5, 0.6) is 0 Å². The smallest absolute Gasteiger partial charge is 0.133 e. The molecule has 1 aromatic heterocycles. The monoisotopic (exact) mass is 294 g/mol. The minimum Gasteiger partial charge on any atom is -0.352 e. The van der Waals surface area contributed by atoms with Crippen LogP contribution in [-0.2, 0) is 6.42 Å². The van der Waals surface area contributed by atoms with Crippen LogP contribution in [0.25, 0.3) is 0 Å². The van der Waals surface area contributed by atoms with Crippen LogP contribution in [0.3, 0.4) is 0 Å². The number of nitrogens with zero attached hydrogens (tertiary/aromatic N) is 4. The Hall–Kier alpha value is -1.15. The highest BCUT2D eigenvalue weighted by molar-refractivity contribution is 9.10. The van der Waals surface area contributed by atoms with Gasteiger partial charge in [-0.15, -0.1) is 0 Å². The normalized spacial score (nSPS) is 14.4. The fraction of sp³-hybridized carbons (Fsp3) is 0.583. The zero-order chi connectivity index (χ0) is 12.3. The van der Waals surface area contributed by atoms with Crippen molar-refractivity contribution in [3.05, 3.63) is 16.5 Å². The third-order valence-corrected chi connectivity index (χ3v) is 3.20. The summed E-state index contributed by atoms with van der Waals surface area (Å²) in [7, 11) is 0. The quantitative estimate of drug-likeness (QED) is 0.784. The predicted molar refractivity (Wildman–Crippen MR) is 69.7 cm³/mol. The molecular weight excluding hydrogens is 280 g/mol. The van der Waals surface area contributed by atoms with Crippen LogP contribution in [0.15, 0.2) is 10.7 Å². The molecule has 0 atom stereocenters. The average molecular weight is 295 g/mol. The van der Waals surface area contributed by atoms with Gasteiger partial charge in [0.05, 0.1) is 12.5 Å². The molecule has 4 nitrogen and oxygen atoms in total. The van der Waals surface area contributed by atoms with Crippen LogP contribution in [0.1, 0.15) is 32.0 Å². The molecule has 0 radical (unpaired) electrons. The lowest BCUT2D eigenvalue weighted by Gasteiger charge is -2.22. The Balaban J connectivity index is 2.22. The second kappa shape index (κ2) is 5.46. The standard InChI is InChI=1S/C12H15BrN4/c1-2-11-15-10(13)8-12(16-11)17(7-3-6-14)9-4-5-9/h8-9H,2-5,7H2,1H3. The summed E-state index contributed by atoms with van der Waals surface area (Å²) in [4.78, 5) is 11.1. The van der Waals surface area contributed by atoms with E-state index in [1.165, 1.54) is 12.8 Å². The van der Waals surface area contributed by atoms with Gasteiger partial charge in [-0.25, -0.2) is 9.97 Å². The molecule has 1 saturated carbocycles. The van der Waals surface area contributed by atoms with Gasteiger partial charge in [0.15, 0.2) is 0 Å². The molecule has 0 aliphatic heterocycles. The molecule has 0 unspecified atom stereocenters. The molecule has 0 amide bonds. The summed E-state index contributed by atoms with van der Waals surface area (Å²) in [5.74, 6) is 1.79. The van der Waals surface area contributed by atoms with E-state index in [9.17, 15) is 0 Å². The van der Waals surface area contributed by atoms with Crippen molar-refractivity contribution in [3.8, 4) is 6.07 Å². The van der Waals surface area contributed by atoms with Gasteiger partial charge in [0.1, 0.15) is 16.2 Å². The maximum absolute atomic E-state index is 8.70. The zero-order valence-corrected chi connectivity index (χ0v) is 11.4. The molecule has 2 rings (SSSR count). The minimum atomic E-state index is 0.541. The van der Waals surface area contributed by atoms with E-state index >= 15 is 0 Å². The Morgan fingerprint density at radius 2 is 2.29 bits per heavy atom. The molecule has 90 valence electrons. The van der Waals surface area contributed by atoms with Crippen molar-refractivity contribution in [2.75, 3.05) is 11.4 Å². The van der Waals surface area contributed by atoms with Gasteiger partial charge in [0.25, 0.3) is 0 Å². The summed E-state index contributed by atoms with van der Waals surface area (Å²) in [5.41, 5.74) is 0. The van der Waals surface area contributed by atoms with Crippen molar-refractivity contribution in [1.82, 2.24) is 9.97 Å². The molecule has 1 aliphatic carbocycles. The molecule has 0 aromatic carbocycles. The number of hydrogen-bond donors (Lipinski definition) is 0. The van der Waals surface area contributed by atoms with E-state index in [2.05, 4.69) is 36.9 Å². The van der Waals surface area contributed by atoms with Crippen LogP contribution >= 0.6 is 15.9 Å². The van der Waals surface area contributed by atoms with Crippen molar-refractivity contribution in [3.63, 3.8) is 0 Å². The first-order valence-corrected chi connectivity index (χ1v) is 6.71. The van der Waals surface area contributed by atoms with Crippen molar-refractivity contribution < 1.29 is 0 Å². The van der Waals surface area contributed by atoms with E-state index in [0.29, 0.717) is 12.5 Å². The van der Waals surface area contributed by atoms with E-state index in [0.717, 1.165) is 29.2 Å². The molecular formula is C12H15BrN4. The Morgan fingerprint density at radius 1 is 1.53 bits per heavy atom. The first-order chi connectivity index (χ1) is 8.24. The molecule has 0 spiro atoms. The lowest BCUT2D eigenvalue weighted by molar-refractivity contribution is 0.764. The summed E-state index contributed by atoms with van der Waals surface area (Å²) < 4.78 is 0.821. The van der Waals surface area contributed by atoms with E-state index in [1.807, 2.05) is 13.0 Å². The van der Waals surface area contributed by atoms with E-state index in [4.69, 9.17) is 5.26 Å². The van der Waals surface area contributed by atoms with Crippen LogP contribution in [0.4, 0.5) is 5.82 Å². The number of aryl methyl sites for hydroxylation is 1. The van der Waals surface area contributed by atoms with Gasteiger partial charge in [-0.2, -0.15) is 5.26 Å². The van der Waals surface area contributed by atoms with Crippen molar-refractivity contribution in [1.29, 1.82) is 5.26 Å². The highest BCUT2D eigenvalue weighted by Gasteiger charge is 2.30. The number of halogens is 1. The van der Waals surface area contributed by atoms with Crippen LogP contribution < -0.4 is 4.90 Å². The maximum Gasteiger partial charge on any atom is 0.133 e. The van der Waals surface area contributed by atoms with Gasteiger partial charge in [-0.1, -0.05) is 6.92 Å². The first-order valence-electron chi connectivity index (χ1n) is 5.91. The largest absolute Gasteiger partial charge is 0.352 e. The van der Waals surface area contributed by atoms with Gasteiger partial charge in [-0.05, 0) is 28.8 Å². The Bertz CT molecular complexity index is 437. The van der Waals surface area contributed by atoms with E-state index in [-0.39, 0.29) is 0 Å². The predicted octanol–water partition coefficient (Wildman–Crippen LogP) is 2.68. The third kappa shape index (κ3) is 3.16. The van der Waals surface area contributed by atoms with Crippen LogP contribution in [0, 0.1) is 11.3 Å². The number of rotatable bonds is 5. The molecule has 1 fully saturated rings. The molecule has 1 heterocycles. The highest BCUT2D eigenvalue weighted by atomic mass is 79.9. The summed E-state index contributed by atoms with van der Waals surface area (Å²) in [5, 5.41) is 8.70. The number of anilines is 1. The molecule has 17 heavy (non-hydrogen) atoms. The van der Waals surface area contributed by atoms with Gasteiger partial charge in [-0.3, -0.25) is 0 Å². The van der Waals surface area contributed by atoms with Crippen molar-refractivity contribution in [2.45, 2.75) is 38.6 Å². The maximum atomic E-state index is 8.70. The Morgan fingerprint density at radius 3 is 2.88 bits per heavy atom. The Labute approximate surface area is 110 Å². The first kappa shape index (κ1) is 12.3. The highest BCUT2D eigenvalue weighted by Crippen LogP contribution is 2.31. The average Bonchev–Trinajstić information content (AvgIpc) is 3.13. The van der Waals surface area contributed by atoms with E-state index in [1.54, 1.807) is 0 Å². The van der Waals surface area contributed by atoms with Crippen molar-refractivity contribution >= 4 is 21.7 Å². The second-order valence-corrected chi connectivity index (χ2v) is 4.96. The number of aromatic nitrogens is 2. The minimum absolute atomic E-state index is 0.541. The van der Waals surface area contributed by atoms with Gasteiger partial charge >= 0.3 is 0 Å². The lowest BCUT2D eigenvalue weighted by atomic mass is 10.3.